The highest BCUT2D eigenvalue weighted by atomic mass is 15.2. The Morgan fingerprint density at radius 1 is 1.64 bits per heavy atom. The van der Waals surface area contributed by atoms with Crippen LogP contribution in [0.15, 0.2) is 18.3 Å². The van der Waals surface area contributed by atoms with Crippen molar-refractivity contribution < 1.29 is 0 Å². The number of rotatable bonds is 4. The standard InChI is InChI=1S/C10H18N4/c1-4-8(2)14(3)9-5-6-12-10(7-9)13-11/h5-8H,4,11H2,1-3H3,(H,12,13). The van der Waals surface area contributed by atoms with Crippen molar-refractivity contribution >= 4 is 11.5 Å². The number of pyridine rings is 1. The van der Waals surface area contributed by atoms with Gasteiger partial charge in [0.2, 0.25) is 0 Å². The van der Waals surface area contributed by atoms with Crippen LogP contribution in [-0.4, -0.2) is 18.1 Å². The van der Waals surface area contributed by atoms with E-state index in [0.717, 1.165) is 12.1 Å². The van der Waals surface area contributed by atoms with Crippen LogP contribution in [0.1, 0.15) is 20.3 Å². The van der Waals surface area contributed by atoms with Gasteiger partial charge in [-0.2, -0.15) is 0 Å². The number of nitrogens with one attached hydrogen (secondary N) is 1. The van der Waals surface area contributed by atoms with Gasteiger partial charge >= 0.3 is 0 Å². The molecule has 1 aromatic rings. The molecule has 1 heterocycles. The molecule has 0 spiro atoms. The number of hydrazine groups is 1. The third kappa shape index (κ3) is 2.35. The van der Waals surface area contributed by atoms with Crippen molar-refractivity contribution in [2.45, 2.75) is 26.3 Å². The summed E-state index contributed by atoms with van der Waals surface area (Å²) in [6.45, 7) is 4.36. The van der Waals surface area contributed by atoms with Crippen LogP contribution in [-0.2, 0) is 0 Å². The van der Waals surface area contributed by atoms with Gasteiger partial charge in [0.05, 0.1) is 0 Å². The number of nitrogen functional groups attached to an aromatic ring is 1. The lowest BCUT2D eigenvalue weighted by Gasteiger charge is -2.26. The van der Waals surface area contributed by atoms with Crippen molar-refractivity contribution in [1.82, 2.24) is 4.98 Å². The first-order valence-corrected chi connectivity index (χ1v) is 4.84. The first-order chi connectivity index (χ1) is 6.69. The predicted molar refractivity (Wildman–Crippen MR) is 60.2 cm³/mol. The van der Waals surface area contributed by atoms with Crippen LogP contribution < -0.4 is 16.2 Å². The van der Waals surface area contributed by atoms with E-state index in [-0.39, 0.29) is 0 Å². The molecule has 0 aliphatic carbocycles. The molecule has 0 fully saturated rings. The van der Waals surface area contributed by atoms with E-state index in [1.165, 1.54) is 0 Å². The molecule has 0 aromatic carbocycles. The first-order valence-electron chi connectivity index (χ1n) is 4.84. The zero-order valence-corrected chi connectivity index (χ0v) is 8.99. The normalized spacial score (nSPS) is 12.3. The minimum atomic E-state index is 0.517. The monoisotopic (exact) mass is 194 g/mol. The van der Waals surface area contributed by atoms with Crippen molar-refractivity contribution in [3.8, 4) is 0 Å². The maximum atomic E-state index is 5.30. The van der Waals surface area contributed by atoms with Gasteiger partial charge in [0.1, 0.15) is 5.82 Å². The molecule has 3 N–H and O–H groups in total. The second-order valence-corrected chi connectivity index (χ2v) is 3.41. The molecule has 1 aromatic heterocycles. The molecule has 0 saturated carbocycles. The molecule has 0 aliphatic heterocycles. The van der Waals surface area contributed by atoms with Crippen molar-refractivity contribution in [3.05, 3.63) is 18.3 Å². The quantitative estimate of drug-likeness (QED) is 0.564. The molecule has 0 bridgehead atoms. The summed E-state index contributed by atoms with van der Waals surface area (Å²) >= 11 is 0. The molecule has 1 unspecified atom stereocenters. The van der Waals surface area contributed by atoms with Crippen molar-refractivity contribution in [1.29, 1.82) is 0 Å². The number of hydrogen-bond acceptors (Lipinski definition) is 4. The molecule has 0 saturated heterocycles. The Kier molecular flexibility index (Phi) is 3.71. The Morgan fingerprint density at radius 2 is 2.36 bits per heavy atom. The molecular formula is C10H18N4. The zero-order chi connectivity index (χ0) is 10.6. The van der Waals surface area contributed by atoms with Gasteiger partial charge < -0.3 is 10.3 Å². The predicted octanol–water partition coefficient (Wildman–Crippen LogP) is 1.60. The summed E-state index contributed by atoms with van der Waals surface area (Å²) in [7, 11) is 2.07. The number of hydrogen-bond donors (Lipinski definition) is 2. The molecule has 0 radical (unpaired) electrons. The van der Waals surface area contributed by atoms with E-state index in [2.05, 4.69) is 36.2 Å². The molecule has 1 atom stereocenters. The molecule has 78 valence electrons. The van der Waals surface area contributed by atoms with Crippen molar-refractivity contribution in [3.63, 3.8) is 0 Å². The summed E-state index contributed by atoms with van der Waals surface area (Å²) in [5, 5.41) is 0. The van der Waals surface area contributed by atoms with Gasteiger partial charge in [-0.15, -0.1) is 0 Å². The van der Waals surface area contributed by atoms with Crippen LogP contribution in [0.4, 0.5) is 11.5 Å². The average Bonchev–Trinajstić information content (AvgIpc) is 2.27. The first kappa shape index (κ1) is 10.8. The lowest BCUT2D eigenvalue weighted by atomic mass is 10.2. The molecule has 1 rings (SSSR count). The van der Waals surface area contributed by atoms with E-state index in [9.17, 15) is 0 Å². The second-order valence-electron chi connectivity index (χ2n) is 3.41. The molecule has 14 heavy (non-hydrogen) atoms. The van der Waals surface area contributed by atoms with Crippen LogP contribution in [0.5, 0.6) is 0 Å². The van der Waals surface area contributed by atoms with Gasteiger partial charge in [0.15, 0.2) is 0 Å². The SMILES string of the molecule is CCC(C)N(C)c1ccnc(NN)c1. The summed E-state index contributed by atoms with van der Waals surface area (Å²) in [6, 6.07) is 4.43. The average molecular weight is 194 g/mol. The van der Waals surface area contributed by atoms with E-state index in [1.807, 2.05) is 12.1 Å². The van der Waals surface area contributed by atoms with Crippen LogP contribution in [0.2, 0.25) is 0 Å². The largest absolute Gasteiger partial charge is 0.372 e. The van der Waals surface area contributed by atoms with Gasteiger partial charge in [0, 0.05) is 31.0 Å². The second kappa shape index (κ2) is 4.81. The molecule has 0 amide bonds. The molecule has 0 aliphatic rings. The van der Waals surface area contributed by atoms with E-state index in [4.69, 9.17) is 5.84 Å². The summed E-state index contributed by atoms with van der Waals surface area (Å²) in [5.41, 5.74) is 3.67. The Bertz CT molecular complexity index is 287. The van der Waals surface area contributed by atoms with Crippen LogP contribution in [0.3, 0.4) is 0 Å². The minimum absolute atomic E-state index is 0.517. The van der Waals surface area contributed by atoms with Gasteiger partial charge in [-0.05, 0) is 19.4 Å². The van der Waals surface area contributed by atoms with Crippen molar-refractivity contribution in [2.24, 2.45) is 5.84 Å². The van der Waals surface area contributed by atoms with E-state index >= 15 is 0 Å². The van der Waals surface area contributed by atoms with Crippen LogP contribution in [0.25, 0.3) is 0 Å². The Morgan fingerprint density at radius 3 is 2.93 bits per heavy atom. The highest BCUT2D eigenvalue weighted by Gasteiger charge is 2.07. The zero-order valence-electron chi connectivity index (χ0n) is 8.99. The van der Waals surface area contributed by atoms with Gasteiger partial charge in [-0.25, -0.2) is 10.8 Å². The van der Waals surface area contributed by atoms with Gasteiger partial charge in [0.25, 0.3) is 0 Å². The molecular weight excluding hydrogens is 176 g/mol. The molecule has 4 heteroatoms. The van der Waals surface area contributed by atoms with E-state index in [0.29, 0.717) is 11.9 Å². The van der Waals surface area contributed by atoms with Gasteiger partial charge in [-0.3, -0.25) is 0 Å². The molecule has 4 nitrogen and oxygen atoms in total. The van der Waals surface area contributed by atoms with E-state index < -0.39 is 0 Å². The Labute approximate surface area is 85.1 Å². The number of nitrogens with zero attached hydrogens (tertiary/aromatic N) is 2. The summed E-state index contributed by atoms with van der Waals surface area (Å²) in [5.74, 6) is 5.99. The third-order valence-electron chi connectivity index (χ3n) is 2.55. The summed E-state index contributed by atoms with van der Waals surface area (Å²) in [4.78, 5) is 6.27. The van der Waals surface area contributed by atoms with E-state index in [1.54, 1.807) is 6.20 Å². The third-order valence-corrected chi connectivity index (χ3v) is 2.55. The lowest BCUT2D eigenvalue weighted by molar-refractivity contribution is 0.663. The van der Waals surface area contributed by atoms with Crippen LogP contribution in [0, 0.1) is 0 Å². The summed E-state index contributed by atoms with van der Waals surface area (Å²) in [6.07, 6.45) is 2.87. The Balaban J connectivity index is 2.83. The lowest BCUT2D eigenvalue weighted by Crippen LogP contribution is -2.28. The smallest absolute Gasteiger partial charge is 0.141 e. The highest BCUT2D eigenvalue weighted by Crippen LogP contribution is 2.18. The Hall–Kier alpha value is -1.29. The minimum Gasteiger partial charge on any atom is -0.372 e. The summed E-state index contributed by atoms with van der Waals surface area (Å²) < 4.78 is 0. The van der Waals surface area contributed by atoms with Crippen molar-refractivity contribution in [2.75, 3.05) is 17.4 Å². The van der Waals surface area contributed by atoms with Crippen LogP contribution >= 0.6 is 0 Å². The number of nitrogens with two attached hydrogens (primary N) is 1. The fourth-order valence-corrected chi connectivity index (χ4v) is 1.25. The maximum Gasteiger partial charge on any atom is 0.141 e. The maximum absolute atomic E-state index is 5.30. The fraction of sp³-hybridized carbons (Fsp3) is 0.500. The number of anilines is 2. The van der Waals surface area contributed by atoms with Gasteiger partial charge in [-0.1, -0.05) is 6.92 Å². The topological polar surface area (TPSA) is 54.2 Å². The number of aromatic nitrogens is 1. The fourth-order valence-electron chi connectivity index (χ4n) is 1.25. The highest BCUT2D eigenvalue weighted by molar-refractivity contribution is 5.53.